The Morgan fingerprint density at radius 1 is 0.967 bits per heavy atom. The lowest BCUT2D eigenvalue weighted by molar-refractivity contribution is -0.137. The van der Waals surface area contributed by atoms with Crippen LogP contribution in [0, 0.1) is 0 Å². The highest BCUT2D eigenvalue weighted by atomic mass is 16.5. The highest BCUT2D eigenvalue weighted by Gasteiger charge is 2.25. The minimum absolute atomic E-state index is 0. The molecule has 0 aliphatic carbocycles. The van der Waals surface area contributed by atoms with Crippen LogP contribution in [0.25, 0.3) is 11.1 Å². The Bertz CT molecular complexity index is 848. The first-order chi connectivity index (χ1) is 13.8. The summed E-state index contributed by atoms with van der Waals surface area (Å²) in [7, 11) is 0. The van der Waals surface area contributed by atoms with Crippen LogP contribution in [0.4, 0.5) is 0 Å². The van der Waals surface area contributed by atoms with Gasteiger partial charge in [0.05, 0.1) is 12.6 Å². The van der Waals surface area contributed by atoms with Gasteiger partial charge in [0.15, 0.2) is 0 Å². The number of aryl methyl sites for hydroxylation is 1. The van der Waals surface area contributed by atoms with Crippen molar-refractivity contribution in [1.29, 1.82) is 0 Å². The first-order valence-electron chi connectivity index (χ1n) is 9.24. The van der Waals surface area contributed by atoms with E-state index in [0.717, 1.165) is 17.5 Å². The summed E-state index contributed by atoms with van der Waals surface area (Å²) in [4.78, 5) is 35.5. The third-order valence-corrected chi connectivity index (χ3v) is 4.44. The quantitative estimate of drug-likeness (QED) is 0.331. The Kier molecular flexibility index (Phi) is 9.67. The molecule has 2 atom stereocenters. The summed E-state index contributed by atoms with van der Waals surface area (Å²) in [6.07, 6.45) is -0.254. The molecule has 30 heavy (non-hydrogen) atoms. The van der Waals surface area contributed by atoms with Crippen LogP contribution in [-0.4, -0.2) is 46.7 Å². The first kappa shape index (κ1) is 24.8. The van der Waals surface area contributed by atoms with Gasteiger partial charge < -0.3 is 15.7 Å². The van der Waals surface area contributed by atoms with E-state index in [9.17, 15) is 19.5 Å². The van der Waals surface area contributed by atoms with Gasteiger partial charge in [-0.15, -0.1) is 0 Å². The van der Waals surface area contributed by atoms with Crippen molar-refractivity contribution in [2.75, 3.05) is 6.54 Å². The number of benzene rings is 2. The molecule has 0 spiro atoms. The van der Waals surface area contributed by atoms with Crippen molar-refractivity contribution in [2.45, 2.75) is 39.8 Å². The van der Waals surface area contributed by atoms with E-state index in [1.807, 2.05) is 24.3 Å². The normalized spacial score (nSPS) is 12.1. The fraction of sp³-hybridized carbons (Fsp3) is 0.318. The maximum absolute atomic E-state index is 12.2. The molecule has 2 aromatic rings. The van der Waals surface area contributed by atoms with Gasteiger partial charge >= 0.3 is 0 Å². The Labute approximate surface area is 176 Å². The topological polar surface area (TPSA) is 128 Å². The lowest BCUT2D eigenvalue weighted by Gasteiger charge is -2.19. The number of hydrogen-bond donors (Lipinski definition) is 5. The second-order valence-electron chi connectivity index (χ2n) is 6.57. The largest absolute Gasteiger partial charge is 0.391 e. The molecule has 0 saturated carbocycles. The van der Waals surface area contributed by atoms with Crippen LogP contribution in [0.2, 0.25) is 0 Å². The van der Waals surface area contributed by atoms with Gasteiger partial charge in [-0.1, -0.05) is 50.7 Å². The summed E-state index contributed by atoms with van der Waals surface area (Å²) in [5.74, 6) is -2.09. The Morgan fingerprint density at radius 2 is 1.50 bits per heavy atom. The summed E-state index contributed by atoms with van der Waals surface area (Å²) in [5.41, 5.74) is 5.01. The number of hydroxylamine groups is 1. The van der Waals surface area contributed by atoms with Gasteiger partial charge in [0.2, 0.25) is 5.91 Å². The molecule has 0 unspecified atom stereocenters. The van der Waals surface area contributed by atoms with Gasteiger partial charge in [0, 0.05) is 5.56 Å². The summed E-state index contributed by atoms with van der Waals surface area (Å²) in [6.45, 7) is 2.99. The van der Waals surface area contributed by atoms with Gasteiger partial charge in [0.25, 0.3) is 11.8 Å². The molecule has 2 aromatic carbocycles. The van der Waals surface area contributed by atoms with E-state index in [1.165, 1.54) is 18.0 Å². The molecule has 0 saturated heterocycles. The van der Waals surface area contributed by atoms with Crippen LogP contribution in [0.3, 0.4) is 0 Å². The fourth-order valence-electron chi connectivity index (χ4n) is 2.71. The molecule has 2 rings (SSSR count). The minimum atomic E-state index is -1.33. The van der Waals surface area contributed by atoms with Gasteiger partial charge in [-0.25, -0.2) is 5.48 Å². The molecule has 0 aliphatic heterocycles. The SMILES string of the molecule is C.CCc1ccc(-c2ccc(C(=O)NCC(=O)N[C@H](C(=O)NO)[C@@H](C)O)cc2)cc1. The van der Waals surface area contributed by atoms with E-state index in [2.05, 4.69) is 29.7 Å². The smallest absolute Gasteiger partial charge is 0.268 e. The summed E-state index contributed by atoms with van der Waals surface area (Å²) in [5, 5.41) is 22.8. The number of amides is 3. The maximum Gasteiger partial charge on any atom is 0.268 e. The van der Waals surface area contributed by atoms with Crippen molar-refractivity contribution in [3.8, 4) is 11.1 Å². The predicted octanol–water partition coefficient (Wildman–Crippen LogP) is 1.65. The van der Waals surface area contributed by atoms with E-state index >= 15 is 0 Å². The maximum atomic E-state index is 12.2. The number of carbonyl (C=O) groups is 3. The number of rotatable bonds is 8. The van der Waals surface area contributed by atoms with Crippen LogP contribution in [0.15, 0.2) is 48.5 Å². The van der Waals surface area contributed by atoms with Crippen molar-refractivity contribution in [3.63, 3.8) is 0 Å². The molecule has 0 fully saturated rings. The van der Waals surface area contributed by atoms with E-state index < -0.39 is 29.9 Å². The predicted molar refractivity (Wildman–Crippen MR) is 114 cm³/mol. The second-order valence-corrected chi connectivity index (χ2v) is 6.57. The second kappa shape index (κ2) is 11.7. The zero-order chi connectivity index (χ0) is 21.4. The molecule has 8 nitrogen and oxygen atoms in total. The molecule has 0 aliphatic rings. The molecule has 3 amide bonds. The zero-order valence-corrected chi connectivity index (χ0v) is 16.3. The summed E-state index contributed by atoms with van der Waals surface area (Å²) >= 11 is 0. The monoisotopic (exact) mass is 415 g/mol. The highest BCUT2D eigenvalue weighted by molar-refractivity contribution is 5.97. The average molecular weight is 415 g/mol. The molecule has 0 bridgehead atoms. The van der Waals surface area contributed by atoms with E-state index in [4.69, 9.17) is 5.21 Å². The fourth-order valence-corrected chi connectivity index (χ4v) is 2.71. The van der Waals surface area contributed by atoms with Crippen molar-refractivity contribution in [2.24, 2.45) is 0 Å². The Morgan fingerprint density at radius 3 is 1.97 bits per heavy atom. The first-order valence-corrected chi connectivity index (χ1v) is 9.24. The van der Waals surface area contributed by atoms with Crippen molar-refractivity contribution >= 4 is 17.7 Å². The van der Waals surface area contributed by atoms with Crippen LogP contribution in [-0.2, 0) is 16.0 Å². The molecule has 0 aromatic heterocycles. The van der Waals surface area contributed by atoms with Gasteiger partial charge in [-0.05, 0) is 42.2 Å². The van der Waals surface area contributed by atoms with E-state index in [1.54, 1.807) is 12.1 Å². The number of carbonyl (C=O) groups excluding carboxylic acids is 3. The van der Waals surface area contributed by atoms with E-state index in [-0.39, 0.29) is 14.0 Å². The number of nitrogens with one attached hydrogen (secondary N) is 3. The molecular formula is C22H29N3O5. The lowest BCUT2D eigenvalue weighted by Crippen LogP contribution is -2.53. The number of aliphatic hydroxyl groups excluding tert-OH is 1. The Hall–Kier alpha value is -3.23. The average Bonchev–Trinajstić information content (AvgIpc) is 2.75. The lowest BCUT2D eigenvalue weighted by atomic mass is 10.0. The van der Waals surface area contributed by atoms with Crippen molar-refractivity contribution < 1.29 is 24.7 Å². The third-order valence-electron chi connectivity index (χ3n) is 4.44. The van der Waals surface area contributed by atoms with Crippen molar-refractivity contribution in [3.05, 3.63) is 59.7 Å². The van der Waals surface area contributed by atoms with Crippen molar-refractivity contribution in [1.82, 2.24) is 16.1 Å². The standard InChI is InChI=1S/C21H25N3O5.CH4/c1-3-14-4-6-15(7-5-14)16-8-10-17(11-9-16)20(27)22-12-18(26)23-19(13(2)25)21(28)24-29;/h4-11,13,19,25,29H,3,12H2,1-2H3,(H,22,27)(H,23,26)(H,24,28);1H4/t13-,19+;/m1./s1. The van der Waals surface area contributed by atoms with Gasteiger partial charge in [0.1, 0.15) is 6.04 Å². The molecule has 0 radical (unpaired) electrons. The van der Waals surface area contributed by atoms with Crippen LogP contribution < -0.4 is 16.1 Å². The summed E-state index contributed by atoms with van der Waals surface area (Å²) in [6, 6.07) is 13.8. The third kappa shape index (κ3) is 6.68. The van der Waals surface area contributed by atoms with E-state index in [0.29, 0.717) is 5.56 Å². The van der Waals surface area contributed by atoms with Crippen LogP contribution in [0.1, 0.15) is 37.2 Å². The number of hydrogen-bond acceptors (Lipinski definition) is 5. The molecule has 162 valence electrons. The molecular weight excluding hydrogens is 386 g/mol. The highest BCUT2D eigenvalue weighted by Crippen LogP contribution is 2.20. The zero-order valence-electron chi connectivity index (χ0n) is 16.3. The molecule has 5 N–H and O–H groups in total. The minimum Gasteiger partial charge on any atom is -0.391 e. The molecule has 0 heterocycles. The summed E-state index contributed by atoms with van der Waals surface area (Å²) < 4.78 is 0. The Balaban J connectivity index is 0.00000450. The van der Waals surface area contributed by atoms with Gasteiger partial charge in [-0.3, -0.25) is 19.6 Å². The van der Waals surface area contributed by atoms with Crippen LogP contribution in [0.5, 0.6) is 0 Å². The number of aliphatic hydroxyl groups is 1. The van der Waals surface area contributed by atoms with Gasteiger partial charge in [-0.2, -0.15) is 0 Å². The van der Waals surface area contributed by atoms with Crippen LogP contribution >= 0.6 is 0 Å². The molecule has 8 heteroatoms.